The van der Waals surface area contributed by atoms with Crippen LogP contribution < -0.4 is 5.32 Å². The molecule has 0 bridgehead atoms. The third-order valence-corrected chi connectivity index (χ3v) is 5.96. The van der Waals surface area contributed by atoms with Crippen molar-refractivity contribution in [2.75, 3.05) is 0 Å². The second kappa shape index (κ2) is 7.47. The molecular formula is C22H29N3O2. The molecule has 4 atom stereocenters. The first-order chi connectivity index (χ1) is 13.0. The topological polar surface area (TPSA) is 56.2 Å². The second-order valence-electron chi connectivity index (χ2n) is 8.09. The van der Waals surface area contributed by atoms with E-state index >= 15 is 0 Å². The van der Waals surface area contributed by atoms with Gasteiger partial charge in [0.1, 0.15) is 0 Å². The zero-order valence-corrected chi connectivity index (χ0v) is 16.4. The van der Waals surface area contributed by atoms with Crippen molar-refractivity contribution in [1.29, 1.82) is 0 Å². The van der Waals surface area contributed by atoms with Gasteiger partial charge in [-0.05, 0) is 56.9 Å². The van der Waals surface area contributed by atoms with Crippen LogP contribution in [-0.4, -0.2) is 27.8 Å². The van der Waals surface area contributed by atoms with E-state index in [4.69, 9.17) is 4.74 Å². The molecule has 2 heterocycles. The normalized spacial score (nSPS) is 27.8. The molecule has 144 valence electrons. The Bertz CT molecular complexity index is 829. The van der Waals surface area contributed by atoms with Crippen LogP contribution in [-0.2, 0) is 9.53 Å². The first-order valence-electron chi connectivity index (χ1n) is 10.1. The lowest BCUT2D eigenvalue weighted by molar-refractivity contribution is -0.131. The molecule has 2 fully saturated rings. The lowest BCUT2D eigenvalue weighted by Gasteiger charge is -2.45. The molecular weight excluding hydrogens is 338 g/mol. The summed E-state index contributed by atoms with van der Waals surface area (Å²) in [5.41, 5.74) is 4.36. The maximum Gasteiger partial charge on any atom is 0.217 e. The van der Waals surface area contributed by atoms with Crippen LogP contribution in [0.3, 0.4) is 0 Å². The fraction of sp³-hybridized carbons (Fsp3) is 0.545. The van der Waals surface area contributed by atoms with Crippen molar-refractivity contribution < 1.29 is 9.53 Å². The van der Waals surface area contributed by atoms with Crippen LogP contribution in [0.4, 0.5) is 0 Å². The van der Waals surface area contributed by atoms with E-state index in [0.29, 0.717) is 5.92 Å². The number of rotatable bonds is 3. The Labute approximate surface area is 161 Å². The fourth-order valence-electron chi connectivity index (χ4n) is 4.82. The number of ether oxygens (including phenoxy) is 1. The average molecular weight is 367 g/mol. The number of aromatic nitrogens is 2. The van der Waals surface area contributed by atoms with Gasteiger partial charge >= 0.3 is 0 Å². The third-order valence-electron chi connectivity index (χ3n) is 5.96. The summed E-state index contributed by atoms with van der Waals surface area (Å²) < 4.78 is 8.52. The fourth-order valence-corrected chi connectivity index (χ4v) is 4.82. The van der Waals surface area contributed by atoms with Gasteiger partial charge < -0.3 is 10.1 Å². The lowest BCUT2D eigenvalue weighted by atomic mass is 9.76. The molecule has 1 aliphatic carbocycles. The summed E-state index contributed by atoms with van der Waals surface area (Å²) in [5, 5.41) is 7.81. The summed E-state index contributed by atoms with van der Waals surface area (Å²) in [6, 6.07) is 10.8. The maximum absolute atomic E-state index is 11.7. The number of nitrogens with one attached hydrogen (secondary N) is 1. The molecule has 0 unspecified atom stereocenters. The zero-order chi connectivity index (χ0) is 19.0. The molecule has 27 heavy (non-hydrogen) atoms. The molecule has 1 saturated heterocycles. The van der Waals surface area contributed by atoms with Crippen molar-refractivity contribution in [3.8, 4) is 5.69 Å². The van der Waals surface area contributed by atoms with E-state index in [1.54, 1.807) is 6.92 Å². The highest BCUT2D eigenvalue weighted by molar-refractivity contribution is 5.73. The zero-order valence-electron chi connectivity index (χ0n) is 16.4. The van der Waals surface area contributed by atoms with Crippen molar-refractivity contribution >= 4 is 5.91 Å². The summed E-state index contributed by atoms with van der Waals surface area (Å²) in [7, 11) is 0. The van der Waals surface area contributed by atoms with Crippen LogP contribution in [0.1, 0.15) is 62.1 Å². The standard InChI is InChI=1S/C22H29N3O2/c1-14-11-15(2)25(24-14)18-8-6-7-17(12-18)22-13-20(23-16(3)26)19-9-4-5-10-21(19)27-22/h6-8,11-12,19-22H,4-5,9-10,13H2,1-3H3,(H,23,26)/t19-,20+,21+,22+/m0/s1. The van der Waals surface area contributed by atoms with Crippen LogP contribution in [0.5, 0.6) is 0 Å². The Kier molecular flexibility index (Phi) is 5.04. The molecule has 1 aromatic carbocycles. The molecule has 1 amide bonds. The smallest absolute Gasteiger partial charge is 0.217 e. The van der Waals surface area contributed by atoms with Gasteiger partial charge in [0.15, 0.2) is 0 Å². The van der Waals surface area contributed by atoms with Gasteiger partial charge in [0.2, 0.25) is 5.91 Å². The summed E-state index contributed by atoms with van der Waals surface area (Å²) >= 11 is 0. The minimum absolute atomic E-state index is 0.0121. The highest BCUT2D eigenvalue weighted by atomic mass is 16.5. The largest absolute Gasteiger partial charge is 0.370 e. The Balaban J connectivity index is 1.61. The number of nitrogens with zero attached hydrogens (tertiary/aromatic N) is 2. The average Bonchev–Trinajstić information content (AvgIpc) is 2.99. The van der Waals surface area contributed by atoms with Gasteiger partial charge in [0.05, 0.1) is 23.6 Å². The molecule has 2 aromatic rings. The van der Waals surface area contributed by atoms with Crippen molar-refractivity contribution in [3.63, 3.8) is 0 Å². The summed E-state index contributed by atoms with van der Waals surface area (Å²) in [5.74, 6) is 0.499. The molecule has 1 N–H and O–H groups in total. The minimum Gasteiger partial charge on any atom is -0.370 e. The van der Waals surface area contributed by atoms with Gasteiger partial charge in [0, 0.05) is 24.6 Å². The number of amides is 1. The van der Waals surface area contributed by atoms with Crippen LogP contribution >= 0.6 is 0 Å². The van der Waals surface area contributed by atoms with Gasteiger partial charge in [-0.2, -0.15) is 5.10 Å². The highest BCUT2D eigenvalue weighted by Crippen LogP contribution is 2.41. The van der Waals surface area contributed by atoms with E-state index in [-0.39, 0.29) is 24.2 Å². The molecule has 5 nitrogen and oxygen atoms in total. The maximum atomic E-state index is 11.7. The van der Waals surface area contributed by atoms with E-state index in [1.165, 1.54) is 18.4 Å². The molecule has 0 spiro atoms. The van der Waals surface area contributed by atoms with Crippen LogP contribution in [0.25, 0.3) is 5.69 Å². The number of hydrogen-bond acceptors (Lipinski definition) is 3. The molecule has 1 aliphatic heterocycles. The quantitative estimate of drug-likeness (QED) is 0.892. The SMILES string of the molecule is CC(=O)N[C@@H]1C[C@H](c2cccc(-n3nc(C)cc3C)c2)O[C@@H]2CCCC[C@@H]12. The van der Waals surface area contributed by atoms with Crippen LogP contribution in [0.2, 0.25) is 0 Å². The van der Waals surface area contributed by atoms with E-state index in [9.17, 15) is 4.79 Å². The molecule has 1 saturated carbocycles. The van der Waals surface area contributed by atoms with Crippen molar-refractivity contribution in [2.45, 2.75) is 71.1 Å². The van der Waals surface area contributed by atoms with Crippen LogP contribution in [0.15, 0.2) is 30.3 Å². The molecule has 4 rings (SSSR count). The van der Waals surface area contributed by atoms with Crippen molar-refractivity contribution in [2.24, 2.45) is 5.92 Å². The van der Waals surface area contributed by atoms with Crippen molar-refractivity contribution in [1.82, 2.24) is 15.1 Å². The lowest BCUT2D eigenvalue weighted by Crippen LogP contribution is -2.50. The molecule has 1 aromatic heterocycles. The monoisotopic (exact) mass is 367 g/mol. The van der Waals surface area contributed by atoms with E-state index in [1.807, 2.05) is 11.6 Å². The number of carbonyl (C=O) groups is 1. The molecule has 2 aliphatic rings. The van der Waals surface area contributed by atoms with Gasteiger partial charge in [-0.15, -0.1) is 0 Å². The van der Waals surface area contributed by atoms with Gasteiger partial charge in [-0.25, -0.2) is 4.68 Å². The van der Waals surface area contributed by atoms with Gasteiger partial charge in [0.25, 0.3) is 0 Å². The highest BCUT2D eigenvalue weighted by Gasteiger charge is 2.40. The Morgan fingerprint density at radius 3 is 2.78 bits per heavy atom. The number of hydrogen-bond donors (Lipinski definition) is 1. The van der Waals surface area contributed by atoms with E-state index in [0.717, 1.165) is 36.3 Å². The third kappa shape index (κ3) is 3.79. The number of carbonyl (C=O) groups excluding carboxylic acids is 1. The Morgan fingerprint density at radius 1 is 1.22 bits per heavy atom. The van der Waals surface area contributed by atoms with E-state index < -0.39 is 0 Å². The van der Waals surface area contributed by atoms with Gasteiger partial charge in [-0.3, -0.25) is 4.79 Å². The predicted octanol–water partition coefficient (Wildman–Crippen LogP) is 4.01. The Hall–Kier alpha value is -2.14. The molecule has 0 radical (unpaired) electrons. The predicted molar refractivity (Wildman–Crippen MR) is 105 cm³/mol. The second-order valence-corrected chi connectivity index (χ2v) is 8.09. The van der Waals surface area contributed by atoms with Crippen molar-refractivity contribution in [3.05, 3.63) is 47.3 Å². The summed E-state index contributed by atoms with van der Waals surface area (Å²) in [6.45, 7) is 5.70. The number of benzene rings is 1. The first kappa shape index (κ1) is 18.2. The Morgan fingerprint density at radius 2 is 2.04 bits per heavy atom. The van der Waals surface area contributed by atoms with E-state index in [2.05, 4.69) is 47.7 Å². The number of fused-ring (bicyclic) bond motifs is 1. The van der Waals surface area contributed by atoms with Gasteiger partial charge in [-0.1, -0.05) is 25.0 Å². The van der Waals surface area contributed by atoms with Crippen LogP contribution in [0, 0.1) is 19.8 Å². The number of aryl methyl sites for hydroxylation is 2. The summed E-state index contributed by atoms with van der Waals surface area (Å²) in [4.78, 5) is 11.7. The minimum atomic E-state index is 0.0121. The molecule has 5 heteroatoms. The first-order valence-corrected chi connectivity index (χ1v) is 10.1. The summed E-state index contributed by atoms with van der Waals surface area (Å²) in [6.07, 6.45) is 5.78.